The molecule has 0 aromatic heterocycles. The van der Waals surface area contributed by atoms with Crippen LogP contribution in [-0.4, -0.2) is 23.0 Å². The molecule has 0 saturated heterocycles. The molecule has 4 aliphatic carbocycles. The summed E-state index contributed by atoms with van der Waals surface area (Å²) in [6.45, 7) is 4.42. The molecule has 0 bridgehead atoms. The molecule has 0 spiro atoms. The summed E-state index contributed by atoms with van der Waals surface area (Å²) in [6.07, 6.45) is 7.63. The van der Waals surface area contributed by atoms with Crippen molar-refractivity contribution in [1.82, 2.24) is 0 Å². The fraction of sp³-hybridized carbons (Fsp3) is 0.800. The van der Waals surface area contributed by atoms with Crippen molar-refractivity contribution in [3.63, 3.8) is 0 Å². The summed E-state index contributed by atoms with van der Waals surface area (Å²) in [5, 5.41) is 9.72. The van der Waals surface area contributed by atoms with E-state index in [0.29, 0.717) is 24.7 Å². The van der Waals surface area contributed by atoms with Crippen LogP contribution in [0.1, 0.15) is 58.8 Å². The van der Waals surface area contributed by atoms with Crippen molar-refractivity contribution < 1.29 is 19.5 Å². The van der Waals surface area contributed by atoms with Crippen molar-refractivity contribution in [2.75, 3.05) is 0 Å². The van der Waals surface area contributed by atoms with Crippen molar-refractivity contribution >= 4 is 11.8 Å². The lowest BCUT2D eigenvalue weighted by atomic mass is 9.46. The number of ketones is 1. The first kappa shape index (κ1) is 17.2. The lowest BCUT2D eigenvalue weighted by Crippen LogP contribution is -2.58. The normalized spacial score (nSPS) is 49.0. The van der Waals surface area contributed by atoms with Crippen LogP contribution < -0.4 is 5.90 Å². The standard InChI is InChI=1S/C20H29NO4/c1-19-8-7-12(22)9-11(19)3-4-13-14-5-6-15(18(23)24)20(14,2)10-16(25-21)17(13)19/h9,13-17H,3-8,10,21H2,1-2H3,(H,23,24)/t13?,14?,15?,16-,17?,19-,20-/m0/s1. The number of hydrogen-bond acceptors (Lipinski definition) is 4. The van der Waals surface area contributed by atoms with Crippen LogP contribution in [-0.2, 0) is 14.4 Å². The first-order chi connectivity index (χ1) is 11.8. The van der Waals surface area contributed by atoms with Gasteiger partial charge in [0.1, 0.15) is 0 Å². The molecule has 3 N–H and O–H groups in total. The number of carboxylic acids is 1. The zero-order valence-corrected chi connectivity index (χ0v) is 15.2. The third-order valence-electron chi connectivity index (χ3n) is 8.34. The summed E-state index contributed by atoms with van der Waals surface area (Å²) in [6, 6.07) is 0. The first-order valence-electron chi connectivity index (χ1n) is 9.63. The fourth-order valence-corrected chi connectivity index (χ4v) is 7.18. The minimum atomic E-state index is -0.676. The van der Waals surface area contributed by atoms with E-state index in [2.05, 4.69) is 13.8 Å². The Hall–Kier alpha value is -1.20. The molecule has 25 heavy (non-hydrogen) atoms. The number of carbonyl (C=O) groups excluding carboxylic acids is 1. The quantitative estimate of drug-likeness (QED) is 0.749. The first-order valence-corrected chi connectivity index (χ1v) is 9.63. The number of hydrogen-bond donors (Lipinski definition) is 2. The molecule has 4 rings (SSSR count). The van der Waals surface area contributed by atoms with Gasteiger partial charge in [-0.2, -0.15) is 0 Å². The molecule has 3 saturated carbocycles. The predicted octanol–water partition coefficient (Wildman–Crippen LogP) is 3.09. The molecule has 5 heteroatoms. The summed E-state index contributed by atoms with van der Waals surface area (Å²) in [5.74, 6) is 6.16. The second-order valence-electron chi connectivity index (χ2n) is 9.24. The van der Waals surface area contributed by atoms with Crippen LogP contribution in [0.15, 0.2) is 11.6 Å². The Kier molecular flexibility index (Phi) is 3.89. The molecule has 0 aromatic rings. The van der Waals surface area contributed by atoms with E-state index in [0.717, 1.165) is 32.1 Å². The average molecular weight is 347 g/mol. The van der Waals surface area contributed by atoms with Crippen LogP contribution in [0.5, 0.6) is 0 Å². The molecule has 7 atom stereocenters. The molecular formula is C20H29NO4. The largest absolute Gasteiger partial charge is 0.481 e. The maximum absolute atomic E-state index is 11.9. The molecule has 0 aromatic carbocycles. The Bertz CT molecular complexity index is 644. The number of aliphatic carboxylic acids is 1. The highest BCUT2D eigenvalue weighted by molar-refractivity contribution is 5.91. The monoisotopic (exact) mass is 347 g/mol. The van der Waals surface area contributed by atoms with Crippen LogP contribution in [0.4, 0.5) is 0 Å². The maximum atomic E-state index is 11.9. The zero-order valence-electron chi connectivity index (χ0n) is 15.2. The van der Waals surface area contributed by atoms with Gasteiger partial charge >= 0.3 is 5.97 Å². The number of fused-ring (bicyclic) bond motifs is 5. The van der Waals surface area contributed by atoms with E-state index in [4.69, 9.17) is 10.7 Å². The molecule has 0 heterocycles. The fourth-order valence-electron chi connectivity index (χ4n) is 7.18. The summed E-state index contributed by atoms with van der Waals surface area (Å²) in [7, 11) is 0. The summed E-state index contributed by atoms with van der Waals surface area (Å²) < 4.78 is 0. The molecule has 5 nitrogen and oxygen atoms in total. The van der Waals surface area contributed by atoms with Gasteiger partial charge in [-0.25, -0.2) is 5.90 Å². The average Bonchev–Trinajstić information content (AvgIpc) is 2.91. The van der Waals surface area contributed by atoms with E-state index in [1.165, 1.54) is 5.57 Å². The van der Waals surface area contributed by atoms with Crippen LogP contribution in [0, 0.1) is 34.5 Å². The van der Waals surface area contributed by atoms with Crippen LogP contribution >= 0.6 is 0 Å². The van der Waals surface area contributed by atoms with Gasteiger partial charge in [-0.3, -0.25) is 9.59 Å². The van der Waals surface area contributed by atoms with Gasteiger partial charge < -0.3 is 9.94 Å². The van der Waals surface area contributed by atoms with Crippen molar-refractivity contribution in [3.8, 4) is 0 Å². The van der Waals surface area contributed by atoms with Gasteiger partial charge in [0.25, 0.3) is 0 Å². The van der Waals surface area contributed by atoms with Crippen molar-refractivity contribution in [1.29, 1.82) is 0 Å². The van der Waals surface area contributed by atoms with Crippen molar-refractivity contribution in [3.05, 3.63) is 11.6 Å². The van der Waals surface area contributed by atoms with Gasteiger partial charge in [-0.05, 0) is 73.2 Å². The molecular weight excluding hydrogens is 318 g/mol. The molecule has 138 valence electrons. The minimum absolute atomic E-state index is 0.0382. The number of allylic oxidation sites excluding steroid dienone is 1. The second-order valence-corrected chi connectivity index (χ2v) is 9.24. The van der Waals surface area contributed by atoms with Gasteiger partial charge in [-0.15, -0.1) is 0 Å². The molecule has 4 aliphatic rings. The molecule has 4 unspecified atom stereocenters. The highest BCUT2D eigenvalue weighted by Crippen LogP contribution is 2.66. The van der Waals surface area contributed by atoms with Crippen molar-refractivity contribution in [2.24, 2.45) is 40.4 Å². The van der Waals surface area contributed by atoms with Gasteiger partial charge in [0, 0.05) is 6.42 Å². The Morgan fingerprint density at radius 3 is 2.72 bits per heavy atom. The number of carbonyl (C=O) groups is 2. The van der Waals surface area contributed by atoms with E-state index in [1.807, 2.05) is 6.08 Å². The Labute approximate surface area is 148 Å². The van der Waals surface area contributed by atoms with Gasteiger partial charge in [0.05, 0.1) is 12.0 Å². The topological polar surface area (TPSA) is 89.6 Å². The van der Waals surface area contributed by atoms with Gasteiger partial charge in [-0.1, -0.05) is 19.4 Å². The third kappa shape index (κ3) is 2.28. The molecule has 0 radical (unpaired) electrons. The van der Waals surface area contributed by atoms with E-state index < -0.39 is 5.97 Å². The highest BCUT2D eigenvalue weighted by atomic mass is 16.6. The predicted molar refractivity (Wildman–Crippen MR) is 92.3 cm³/mol. The third-order valence-corrected chi connectivity index (χ3v) is 8.34. The van der Waals surface area contributed by atoms with E-state index in [-0.39, 0.29) is 34.6 Å². The SMILES string of the molecule is C[C@]12C[C@H](ON)C3C(CCC4=CC(=O)CC[C@@]43C)C1CCC2C(=O)O. The summed E-state index contributed by atoms with van der Waals surface area (Å²) >= 11 is 0. The Morgan fingerprint density at radius 2 is 2.04 bits per heavy atom. The highest BCUT2D eigenvalue weighted by Gasteiger charge is 2.63. The van der Waals surface area contributed by atoms with Crippen molar-refractivity contribution in [2.45, 2.75) is 64.9 Å². The molecule has 3 fully saturated rings. The lowest BCUT2D eigenvalue weighted by molar-refractivity contribution is -0.167. The second kappa shape index (κ2) is 5.65. The Morgan fingerprint density at radius 1 is 1.28 bits per heavy atom. The maximum Gasteiger partial charge on any atom is 0.307 e. The summed E-state index contributed by atoms with van der Waals surface area (Å²) in [5.41, 5.74) is 0.992. The summed E-state index contributed by atoms with van der Waals surface area (Å²) in [4.78, 5) is 29.2. The number of rotatable bonds is 2. The molecule has 0 amide bonds. The van der Waals surface area contributed by atoms with Crippen LogP contribution in [0.3, 0.4) is 0 Å². The van der Waals surface area contributed by atoms with Crippen LogP contribution in [0.2, 0.25) is 0 Å². The molecule has 0 aliphatic heterocycles. The minimum Gasteiger partial charge on any atom is -0.481 e. The number of carboxylic acid groups (broad SMARTS) is 1. The lowest BCUT2D eigenvalue weighted by Gasteiger charge is -2.60. The Balaban J connectivity index is 1.75. The van der Waals surface area contributed by atoms with Crippen LogP contribution in [0.25, 0.3) is 0 Å². The zero-order chi connectivity index (χ0) is 18.0. The van der Waals surface area contributed by atoms with Gasteiger partial charge in [0.2, 0.25) is 0 Å². The van der Waals surface area contributed by atoms with E-state index in [1.54, 1.807) is 0 Å². The van der Waals surface area contributed by atoms with Gasteiger partial charge in [0.15, 0.2) is 5.78 Å². The van der Waals surface area contributed by atoms with E-state index in [9.17, 15) is 14.7 Å². The smallest absolute Gasteiger partial charge is 0.307 e. The van der Waals surface area contributed by atoms with E-state index >= 15 is 0 Å². The number of nitrogens with two attached hydrogens (primary N) is 1.